The Kier molecular flexibility index (Phi) is 4.59. The van der Waals surface area contributed by atoms with Crippen LogP contribution in [-0.4, -0.2) is 18.1 Å². The van der Waals surface area contributed by atoms with Gasteiger partial charge in [-0.2, -0.15) is 0 Å². The number of benzene rings is 1. The lowest BCUT2D eigenvalue weighted by Crippen LogP contribution is -2.21. The van der Waals surface area contributed by atoms with Gasteiger partial charge in [0.05, 0.1) is 6.54 Å². The number of hydrogen-bond donors (Lipinski definition) is 1. The Bertz CT molecular complexity index is 446. The second kappa shape index (κ2) is 6.40. The average molecular weight is 261 g/mol. The van der Waals surface area contributed by atoms with Crippen molar-refractivity contribution in [3.05, 3.63) is 40.8 Å². The fourth-order valence-corrected chi connectivity index (χ4v) is 2.45. The molecule has 0 aliphatic rings. The third-order valence-corrected chi connectivity index (χ3v) is 3.70. The number of anilines is 2. The molecule has 0 saturated heterocycles. The van der Waals surface area contributed by atoms with Gasteiger partial charge in [-0.1, -0.05) is 0 Å². The van der Waals surface area contributed by atoms with Crippen LogP contribution in [0.3, 0.4) is 0 Å². The molecule has 0 amide bonds. The van der Waals surface area contributed by atoms with Crippen LogP contribution in [0.4, 0.5) is 11.4 Å². The second-order valence-electron chi connectivity index (χ2n) is 4.00. The molecule has 3 nitrogen and oxygen atoms in total. The lowest BCUT2D eigenvalue weighted by Gasteiger charge is -2.21. The zero-order chi connectivity index (χ0) is 12.8. The zero-order valence-corrected chi connectivity index (χ0v) is 11.7. The van der Waals surface area contributed by atoms with Crippen molar-refractivity contribution in [1.82, 2.24) is 4.98 Å². The summed E-state index contributed by atoms with van der Waals surface area (Å²) in [5.74, 6) is 0. The Morgan fingerprint density at radius 1 is 1.17 bits per heavy atom. The van der Waals surface area contributed by atoms with E-state index in [0.717, 1.165) is 30.3 Å². The van der Waals surface area contributed by atoms with Crippen LogP contribution in [0.2, 0.25) is 0 Å². The highest BCUT2D eigenvalue weighted by Crippen LogP contribution is 2.18. The molecule has 0 radical (unpaired) electrons. The van der Waals surface area contributed by atoms with Crippen LogP contribution in [0, 0.1) is 0 Å². The molecule has 0 saturated carbocycles. The van der Waals surface area contributed by atoms with Crippen LogP contribution in [0.5, 0.6) is 0 Å². The molecule has 18 heavy (non-hydrogen) atoms. The highest BCUT2D eigenvalue weighted by atomic mass is 32.1. The minimum Gasteiger partial charge on any atom is -0.379 e. The van der Waals surface area contributed by atoms with Crippen LogP contribution in [0.25, 0.3) is 0 Å². The van der Waals surface area contributed by atoms with Crippen LogP contribution >= 0.6 is 11.3 Å². The van der Waals surface area contributed by atoms with Gasteiger partial charge in [0, 0.05) is 36.0 Å². The summed E-state index contributed by atoms with van der Waals surface area (Å²) in [6.45, 7) is 7.24. The Balaban J connectivity index is 1.95. The van der Waals surface area contributed by atoms with Crippen molar-refractivity contribution < 1.29 is 0 Å². The molecular formula is C14H19N3S. The molecule has 0 unspecified atom stereocenters. The summed E-state index contributed by atoms with van der Waals surface area (Å²) in [6, 6.07) is 8.58. The number of hydrogen-bond acceptors (Lipinski definition) is 4. The predicted molar refractivity (Wildman–Crippen MR) is 79.4 cm³/mol. The summed E-state index contributed by atoms with van der Waals surface area (Å²) in [7, 11) is 0. The van der Waals surface area contributed by atoms with Crippen molar-refractivity contribution in [3.8, 4) is 0 Å². The second-order valence-corrected chi connectivity index (χ2v) is 4.98. The fourth-order valence-electron chi connectivity index (χ4n) is 1.90. The van der Waals surface area contributed by atoms with Gasteiger partial charge >= 0.3 is 0 Å². The highest BCUT2D eigenvalue weighted by molar-refractivity contribution is 7.09. The topological polar surface area (TPSA) is 28.2 Å². The van der Waals surface area contributed by atoms with E-state index in [-0.39, 0.29) is 0 Å². The summed E-state index contributed by atoms with van der Waals surface area (Å²) in [5, 5.41) is 6.49. The fraction of sp³-hybridized carbons (Fsp3) is 0.357. The van der Waals surface area contributed by atoms with Crippen molar-refractivity contribution in [1.29, 1.82) is 0 Å². The van der Waals surface area contributed by atoms with Crippen LogP contribution in [0.1, 0.15) is 18.9 Å². The van der Waals surface area contributed by atoms with Crippen molar-refractivity contribution in [2.45, 2.75) is 20.4 Å². The van der Waals surface area contributed by atoms with E-state index in [1.807, 2.05) is 11.6 Å². The molecule has 2 rings (SSSR count). The number of rotatable bonds is 6. The summed E-state index contributed by atoms with van der Waals surface area (Å²) >= 11 is 1.68. The van der Waals surface area contributed by atoms with E-state index >= 15 is 0 Å². The Morgan fingerprint density at radius 2 is 1.89 bits per heavy atom. The normalized spacial score (nSPS) is 10.3. The molecular weight excluding hydrogens is 242 g/mol. The molecule has 2 aromatic rings. The maximum absolute atomic E-state index is 4.25. The molecule has 0 aliphatic carbocycles. The van der Waals surface area contributed by atoms with Gasteiger partial charge in [-0.3, -0.25) is 0 Å². The summed E-state index contributed by atoms with van der Waals surface area (Å²) < 4.78 is 0. The summed E-state index contributed by atoms with van der Waals surface area (Å²) in [6.07, 6.45) is 1.84. The Labute approximate surface area is 112 Å². The third kappa shape index (κ3) is 3.23. The minimum absolute atomic E-state index is 0.794. The Hall–Kier alpha value is -1.55. The van der Waals surface area contributed by atoms with Crippen LogP contribution in [0.15, 0.2) is 35.8 Å². The maximum Gasteiger partial charge on any atom is 0.112 e. The van der Waals surface area contributed by atoms with Crippen LogP contribution < -0.4 is 10.2 Å². The molecule has 0 fully saturated rings. The van der Waals surface area contributed by atoms with E-state index in [1.165, 1.54) is 5.69 Å². The van der Waals surface area contributed by atoms with Crippen molar-refractivity contribution in [2.75, 3.05) is 23.3 Å². The lowest BCUT2D eigenvalue weighted by atomic mass is 10.2. The number of aromatic nitrogens is 1. The molecule has 4 heteroatoms. The van der Waals surface area contributed by atoms with Gasteiger partial charge < -0.3 is 10.2 Å². The quantitative estimate of drug-likeness (QED) is 0.861. The van der Waals surface area contributed by atoms with Gasteiger partial charge in [-0.05, 0) is 38.1 Å². The van der Waals surface area contributed by atoms with Crippen LogP contribution in [-0.2, 0) is 6.54 Å². The lowest BCUT2D eigenvalue weighted by molar-refractivity contribution is 0.866. The molecule has 96 valence electrons. The molecule has 1 aromatic carbocycles. The zero-order valence-electron chi connectivity index (χ0n) is 10.9. The van der Waals surface area contributed by atoms with Gasteiger partial charge in [-0.25, -0.2) is 4.98 Å². The smallest absolute Gasteiger partial charge is 0.112 e. The number of nitrogens with one attached hydrogen (secondary N) is 1. The summed E-state index contributed by atoms with van der Waals surface area (Å²) in [4.78, 5) is 6.59. The van der Waals surface area contributed by atoms with Gasteiger partial charge in [0.15, 0.2) is 0 Å². The summed E-state index contributed by atoms with van der Waals surface area (Å²) in [5.41, 5.74) is 2.42. The first kappa shape index (κ1) is 12.9. The van der Waals surface area contributed by atoms with E-state index in [9.17, 15) is 0 Å². The molecule has 1 aromatic heterocycles. The van der Waals surface area contributed by atoms with Gasteiger partial charge in [0.2, 0.25) is 0 Å². The van der Waals surface area contributed by atoms with Gasteiger partial charge in [-0.15, -0.1) is 11.3 Å². The number of nitrogens with zero attached hydrogens (tertiary/aromatic N) is 2. The maximum atomic E-state index is 4.25. The van der Waals surface area contributed by atoms with Gasteiger partial charge in [0.1, 0.15) is 5.01 Å². The van der Waals surface area contributed by atoms with Crippen molar-refractivity contribution >= 4 is 22.7 Å². The monoisotopic (exact) mass is 261 g/mol. The molecule has 1 N–H and O–H groups in total. The molecule has 0 atom stereocenters. The SMILES string of the molecule is CCN(CC)c1ccc(NCc2nccs2)cc1. The largest absolute Gasteiger partial charge is 0.379 e. The minimum atomic E-state index is 0.794. The molecule has 0 spiro atoms. The third-order valence-electron chi connectivity index (χ3n) is 2.92. The van der Waals surface area contributed by atoms with E-state index in [4.69, 9.17) is 0 Å². The standard InChI is InChI=1S/C14H19N3S/c1-3-17(4-2)13-7-5-12(6-8-13)16-11-14-15-9-10-18-14/h5-10,16H,3-4,11H2,1-2H3. The van der Waals surface area contributed by atoms with Crippen molar-refractivity contribution in [2.24, 2.45) is 0 Å². The molecule has 0 aliphatic heterocycles. The van der Waals surface area contributed by atoms with Crippen molar-refractivity contribution in [3.63, 3.8) is 0 Å². The van der Waals surface area contributed by atoms with Gasteiger partial charge in [0.25, 0.3) is 0 Å². The van der Waals surface area contributed by atoms with E-state index in [1.54, 1.807) is 11.3 Å². The molecule has 0 bridgehead atoms. The molecule has 1 heterocycles. The Morgan fingerprint density at radius 3 is 2.44 bits per heavy atom. The van der Waals surface area contributed by atoms with E-state index in [2.05, 4.69) is 53.3 Å². The first-order valence-corrected chi connectivity index (χ1v) is 7.18. The highest BCUT2D eigenvalue weighted by Gasteiger charge is 2.01. The van der Waals surface area contributed by atoms with E-state index < -0.39 is 0 Å². The van der Waals surface area contributed by atoms with E-state index in [0.29, 0.717) is 0 Å². The first-order chi connectivity index (χ1) is 8.83. The average Bonchev–Trinajstić information content (AvgIpc) is 2.92. The number of thiazole rings is 1. The predicted octanol–water partition coefficient (Wildman–Crippen LogP) is 3.60. The first-order valence-electron chi connectivity index (χ1n) is 6.30.